The van der Waals surface area contributed by atoms with Crippen LogP contribution in [0.4, 0.5) is 15.3 Å². The maximum absolute atomic E-state index is 11.6. The summed E-state index contributed by atoms with van der Waals surface area (Å²) in [6, 6.07) is 3.20. The molecule has 22 heavy (non-hydrogen) atoms. The Morgan fingerprint density at radius 3 is 2.14 bits per heavy atom. The van der Waals surface area contributed by atoms with Gasteiger partial charge >= 0.3 is 12.1 Å². The number of alkyl carbamates (subject to hydrolysis) is 1. The summed E-state index contributed by atoms with van der Waals surface area (Å²) in [5, 5.41) is 26.0. The molecule has 0 saturated heterocycles. The van der Waals surface area contributed by atoms with Crippen molar-refractivity contribution in [1.29, 1.82) is 0 Å². The fourth-order valence-electron chi connectivity index (χ4n) is 1.50. The third-order valence-electron chi connectivity index (χ3n) is 2.24. The van der Waals surface area contributed by atoms with Gasteiger partial charge in [-0.15, -0.1) is 0 Å². The highest BCUT2D eigenvalue weighted by molar-refractivity contribution is 5.89. The first kappa shape index (κ1) is 17.4. The molecule has 122 valence electrons. The summed E-state index contributed by atoms with van der Waals surface area (Å²) in [4.78, 5) is 22.9. The van der Waals surface area contributed by atoms with Crippen LogP contribution in [-0.4, -0.2) is 41.0 Å². The molecule has 0 saturated carbocycles. The van der Waals surface area contributed by atoms with E-state index in [0.29, 0.717) is 0 Å². The number of phenolic OH excluding ortho intramolecular Hbond substituents is 2. The Morgan fingerprint density at radius 1 is 1.05 bits per heavy atom. The molecule has 3 amide bonds. The Kier molecular flexibility index (Phi) is 5.85. The first-order valence-electron chi connectivity index (χ1n) is 6.70. The largest absolute Gasteiger partial charge is 0.508 e. The first-order chi connectivity index (χ1) is 10.2. The standard InChI is InChI=1S/C14H21N3O5/c1-14(2,3)22-13(21)16-5-4-15-12(20)17-9-6-10(18)8-11(19)7-9/h6-8,18-19H,4-5H2,1-3H3,(H,16,21)(H2,15,17,20). The highest BCUT2D eigenvalue weighted by Crippen LogP contribution is 2.23. The van der Waals surface area contributed by atoms with Gasteiger partial charge in [-0.3, -0.25) is 0 Å². The monoisotopic (exact) mass is 311 g/mol. The third kappa shape index (κ3) is 7.22. The molecule has 0 atom stereocenters. The molecular formula is C14H21N3O5. The van der Waals surface area contributed by atoms with Crippen molar-refractivity contribution in [2.75, 3.05) is 18.4 Å². The normalized spacial score (nSPS) is 10.7. The quantitative estimate of drug-likeness (QED) is 0.543. The minimum Gasteiger partial charge on any atom is -0.508 e. The average Bonchev–Trinajstić information content (AvgIpc) is 2.31. The zero-order valence-corrected chi connectivity index (χ0v) is 12.8. The number of hydrogen-bond acceptors (Lipinski definition) is 5. The van der Waals surface area contributed by atoms with Gasteiger partial charge in [0.25, 0.3) is 0 Å². The SMILES string of the molecule is CC(C)(C)OC(=O)NCCNC(=O)Nc1cc(O)cc(O)c1. The molecule has 0 aliphatic carbocycles. The van der Waals surface area contributed by atoms with Gasteiger partial charge in [0.1, 0.15) is 17.1 Å². The van der Waals surface area contributed by atoms with Gasteiger partial charge in [0, 0.05) is 37.0 Å². The Hall–Kier alpha value is -2.64. The van der Waals surface area contributed by atoms with Crippen molar-refractivity contribution in [3.63, 3.8) is 0 Å². The summed E-state index contributed by atoms with van der Waals surface area (Å²) < 4.78 is 5.03. The Labute approximate surface area is 128 Å². The van der Waals surface area contributed by atoms with E-state index in [1.54, 1.807) is 20.8 Å². The number of amides is 3. The zero-order valence-electron chi connectivity index (χ0n) is 12.8. The van der Waals surface area contributed by atoms with Crippen LogP contribution < -0.4 is 16.0 Å². The minimum atomic E-state index is -0.577. The number of hydrogen-bond donors (Lipinski definition) is 5. The molecule has 5 N–H and O–H groups in total. The average molecular weight is 311 g/mol. The second-order valence-corrected chi connectivity index (χ2v) is 5.55. The number of ether oxygens (including phenoxy) is 1. The molecular weight excluding hydrogens is 290 g/mol. The van der Waals surface area contributed by atoms with E-state index in [0.717, 1.165) is 6.07 Å². The van der Waals surface area contributed by atoms with E-state index in [9.17, 15) is 19.8 Å². The smallest absolute Gasteiger partial charge is 0.407 e. The lowest BCUT2D eigenvalue weighted by molar-refractivity contribution is 0.0528. The summed E-state index contributed by atoms with van der Waals surface area (Å²) >= 11 is 0. The molecule has 0 radical (unpaired) electrons. The second kappa shape index (κ2) is 7.39. The van der Waals surface area contributed by atoms with Gasteiger partial charge < -0.3 is 30.9 Å². The lowest BCUT2D eigenvalue weighted by atomic mass is 10.2. The van der Waals surface area contributed by atoms with Crippen molar-refractivity contribution in [3.05, 3.63) is 18.2 Å². The maximum Gasteiger partial charge on any atom is 0.407 e. The maximum atomic E-state index is 11.6. The predicted octanol–water partition coefficient (Wildman–Crippen LogP) is 1.74. The van der Waals surface area contributed by atoms with E-state index < -0.39 is 17.7 Å². The summed E-state index contributed by atoms with van der Waals surface area (Å²) in [5.41, 5.74) is -0.332. The van der Waals surface area contributed by atoms with Gasteiger partial charge in [0.2, 0.25) is 0 Å². The molecule has 1 aromatic rings. The Morgan fingerprint density at radius 2 is 1.59 bits per heavy atom. The lowest BCUT2D eigenvalue weighted by Gasteiger charge is -2.19. The molecule has 0 aromatic heterocycles. The van der Waals surface area contributed by atoms with Gasteiger partial charge in [-0.25, -0.2) is 9.59 Å². The van der Waals surface area contributed by atoms with Crippen LogP contribution in [0.5, 0.6) is 11.5 Å². The second-order valence-electron chi connectivity index (χ2n) is 5.55. The molecule has 0 heterocycles. The molecule has 0 aliphatic rings. The van der Waals surface area contributed by atoms with Crippen LogP contribution in [0.15, 0.2) is 18.2 Å². The molecule has 0 bridgehead atoms. The van der Waals surface area contributed by atoms with E-state index in [4.69, 9.17) is 4.74 Å². The Bertz CT molecular complexity index is 520. The summed E-state index contributed by atoms with van der Waals surface area (Å²) in [6.45, 7) is 5.65. The summed E-state index contributed by atoms with van der Waals surface area (Å²) in [6.07, 6.45) is -0.562. The topological polar surface area (TPSA) is 120 Å². The first-order valence-corrected chi connectivity index (χ1v) is 6.70. The van der Waals surface area contributed by atoms with Gasteiger partial charge in [-0.1, -0.05) is 0 Å². The number of nitrogens with one attached hydrogen (secondary N) is 3. The number of carbonyl (C=O) groups is 2. The molecule has 1 rings (SSSR count). The van der Waals surface area contributed by atoms with Gasteiger partial charge in [-0.2, -0.15) is 0 Å². The van der Waals surface area contributed by atoms with Crippen molar-refractivity contribution in [2.24, 2.45) is 0 Å². The van der Waals surface area contributed by atoms with Crippen LogP contribution in [0.25, 0.3) is 0 Å². The number of rotatable bonds is 4. The molecule has 0 unspecified atom stereocenters. The van der Waals surface area contributed by atoms with E-state index in [1.165, 1.54) is 12.1 Å². The van der Waals surface area contributed by atoms with Gasteiger partial charge in [-0.05, 0) is 20.8 Å². The van der Waals surface area contributed by atoms with E-state index >= 15 is 0 Å². The van der Waals surface area contributed by atoms with E-state index in [-0.39, 0.29) is 30.3 Å². The zero-order chi connectivity index (χ0) is 16.8. The van der Waals surface area contributed by atoms with E-state index in [2.05, 4.69) is 16.0 Å². The van der Waals surface area contributed by atoms with Crippen molar-refractivity contribution >= 4 is 17.8 Å². The lowest BCUT2D eigenvalue weighted by Crippen LogP contribution is -2.39. The van der Waals surface area contributed by atoms with Crippen molar-refractivity contribution in [3.8, 4) is 11.5 Å². The number of carbonyl (C=O) groups excluding carboxylic acids is 2. The number of phenols is 2. The highest BCUT2D eigenvalue weighted by Gasteiger charge is 2.15. The van der Waals surface area contributed by atoms with Crippen LogP contribution in [0.1, 0.15) is 20.8 Å². The minimum absolute atomic E-state index is 0.165. The van der Waals surface area contributed by atoms with Gasteiger partial charge in [0.15, 0.2) is 0 Å². The van der Waals surface area contributed by atoms with Crippen molar-refractivity contribution in [2.45, 2.75) is 26.4 Å². The van der Waals surface area contributed by atoms with Crippen LogP contribution in [0.3, 0.4) is 0 Å². The number of aromatic hydroxyl groups is 2. The van der Waals surface area contributed by atoms with Crippen LogP contribution >= 0.6 is 0 Å². The molecule has 8 nitrogen and oxygen atoms in total. The number of benzene rings is 1. The van der Waals surface area contributed by atoms with Crippen molar-refractivity contribution in [1.82, 2.24) is 10.6 Å². The molecule has 0 fully saturated rings. The van der Waals surface area contributed by atoms with Crippen molar-refractivity contribution < 1.29 is 24.5 Å². The van der Waals surface area contributed by atoms with E-state index in [1.807, 2.05) is 0 Å². The van der Waals surface area contributed by atoms with Crippen LogP contribution in [0, 0.1) is 0 Å². The third-order valence-corrected chi connectivity index (χ3v) is 2.24. The molecule has 8 heteroatoms. The Balaban J connectivity index is 2.28. The van der Waals surface area contributed by atoms with Gasteiger partial charge in [0.05, 0.1) is 0 Å². The molecule has 0 spiro atoms. The summed E-state index contributed by atoms with van der Waals surface area (Å²) in [5.74, 6) is -0.330. The van der Waals surface area contributed by atoms with Crippen LogP contribution in [-0.2, 0) is 4.74 Å². The molecule has 0 aliphatic heterocycles. The summed E-state index contributed by atoms with van der Waals surface area (Å²) in [7, 11) is 0. The number of anilines is 1. The fourth-order valence-corrected chi connectivity index (χ4v) is 1.50. The van der Waals surface area contributed by atoms with Crippen LogP contribution in [0.2, 0.25) is 0 Å². The predicted molar refractivity (Wildman–Crippen MR) is 81.0 cm³/mol. The fraction of sp³-hybridized carbons (Fsp3) is 0.429. The highest BCUT2D eigenvalue weighted by atomic mass is 16.6. The molecule has 1 aromatic carbocycles. The number of urea groups is 1.